The number of nitrogens with one attached hydrogen (secondary N) is 1. The quantitative estimate of drug-likeness (QED) is 0.406. The number of carbonyl (C=O) groups excluding carboxylic acids is 1. The molecule has 4 rings (SSSR count). The molecule has 0 bridgehead atoms. The fourth-order valence-corrected chi connectivity index (χ4v) is 5.76. The molecule has 8 heteroatoms. The first-order valence-electron chi connectivity index (χ1n) is 11.6. The van der Waals surface area contributed by atoms with Crippen LogP contribution in [0.5, 0.6) is 0 Å². The summed E-state index contributed by atoms with van der Waals surface area (Å²) in [5.74, 6) is -1.12. The largest absolute Gasteiger partial charge is 0.341 e. The van der Waals surface area contributed by atoms with Crippen molar-refractivity contribution < 1.29 is 13.6 Å². The van der Waals surface area contributed by atoms with Crippen molar-refractivity contribution in [2.24, 2.45) is 5.10 Å². The third-order valence-corrected chi connectivity index (χ3v) is 7.59. The number of benzene rings is 2. The monoisotopic (exact) mass is 484 g/mol. The van der Waals surface area contributed by atoms with Gasteiger partial charge in [-0.25, -0.2) is 13.6 Å². The number of rotatable bonds is 7. The minimum atomic E-state index is -0.870. The van der Waals surface area contributed by atoms with Crippen LogP contribution >= 0.6 is 11.8 Å². The highest BCUT2D eigenvalue weighted by molar-refractivity contribution is 8.15. The highest BCUT2D eigenvalue weighted by Gasteiger charge is 2.49. The van der Waals surface area contributed by atoms with Crippen molar-refractivity contribution in [2.45, 2.75) is 43.0 Å². The molecule has 2 unspecified atom stereocenters. The molecule has 34 heavy (non-hydrogen) atoms. The average molecular weight is 485 g/mol. The van der Waals surface area contributed by atoms with E-state index < -0.39 is 16.5 Å². The van der Waals surface area contributed by atoms with E-state index in [1.54, 1.807) is 14.1 Å². The molecule has 180 valence electrons. The zero-order valence-electron chi connectivity index (χ0n) is 19.5. The maximum absolute atomic E-state index is 14.7. The van der Waals surface area contributed by atoms with Gasteiger partial charge in [0.1, 0.15) is 21.5 Å². The highest BCUT2D eigenvalue weighted by Crippen LogP contribution is 2.50. The highest BCUT2D eigenvalue weighted by atomic mass is 32.2. The van der Waals surface area contributed by atoms with E-state index in [-0.39, 0.29) is 11.6 Å². The molecule has 1 aliphatic carbocycles. The first-order valence-corrected chi connectivity index (χ1v) is 12.4. The summed E-state index contributed by atoms with van der Waals surface area (Å²) in [6.07, 6.45) is 9.04. The van der Waals surface area contributed by atoms with Crippen LogP contribution in [0.25, 0.3) is 0 Å². The summed E-state index contributed by atoms with van der Waals surface area (Å²) >= 11 is 1.31. The number of allylic oxidation sites excluding steroid dienone is 1. The molecular weight excluding hydrogens is 454 g/mol. The molecule has 2 aromatic carbocycles. The first-order chi connectivity index (χ1) is 16.4. The van der Waals surface area contributed by atoms with Gasteiger partial charge in [0, 0.05) is 25.7 Å². The van der Waals surface area contributed by atoms with Gasteiger partial charge in [-0.05, 0) is 62.4 Å². The average Bonchev–Trinajstić information content (AvgIpc) is 3.24. The number of hydrogen-bond donors (Lipinski definition) is 1. The summed E-state index contributed by atoms with van der Waals surface area (Å²) < 4.78 is 28.7. The fourth-order valence-electron chi connectivity index (χ4n) is 4.35. The molecule has 1 heterocycles. The van der Waals surface area contributed by atoms with E-state index in [1.165, 1.54) is 21.7 Å². The predicted octanol–water partition coefficient (Wildman–Crippen LogP) is 5.69. The van der Waals surface area contributed by atoms with Crippen LogP contribution in [0.2, 0.25) is 0 Å². The zero-order valence-corrected chi connectivity index (χ0v) is 20.3. The van der Waals surface area contributed by atoms with Crippen LogP contribution in [0.1, 0.15) is 43.2 Å². The lowest BCUT2D eigenvalue weighted by atomic mass is 9.99. The van der Waals surface area contributed by atoms with E-state index in [0.717, 1.165) is 56.0 Å². The van der Waals surface area contributed by atoms with Crippen LogP contribution in [0.4, 0.5) is 13.6 Å². The molecule has 0 saturated heterocycles. The van der Waals surface area contributed by atoms with E-state index in [0.29, 0.717) is 17.5 Å². The first kappa shape index (κ1) is 24.4. The Bertz CT molecular complexity index is 1080. The molecule has 2 atom stereocenters. The molecule has 5 nitrogen and oxygen atoms in total. The normalized spacial score (nSPS) is 22.1. The zero-order chi connectivity index (χ0) is 24.1. The lowest BCUT2D eigenvalue weighted by Gasteiger charge is -2.37. The number of amides is 2. The third-order valence-electron chi connectivity index (χ3n) is 6.14. The van der Waals surface area contributed by atoms with Gasteiger partial charge in [-0.2, -0.15) is 10.1 Å². The minimum absolute atomic E-state index is 0.0616. The molecule has 1 aliphatic heterocycles. The molecule has 1 N–H and O–H groups in total. The van der Waals surface area contributed by atoms with E-state index in [4.69, 9.17) is 0 Å². The molecule has 2 aliphatic rings. The summed E-state index contributed by atoms with van der Waals surface area (Å²) in [4.78, 5) is 13.9. The van der Waals surface area contributed by atoms with Gasteiger partial charge in [0.15, 0.2) is 0 Å². The second-order valence-corrected chi connectivity index (χ2v) is 10.1. The van der Waals surface area contributed by atoms with Crippen molar-refractivity contribution >= 4 is 22.8 Å². The number of halogens is 2. The van der Waals surface area contributed by atoms with Gasteiger partial charge in [0.25, 0.3) is 0 Å². The van der Waals surface area contributed by atoms with Crippen LogP contribution in [0, 0.1) is 11.6 Å². The molecule has 0 fully saturated rings. The molecule has 2 amide bonds. The van der Waals surface area contributed by atoms with E-state index in [9.17, 15) is 13.6 Å². The number of hydrazone groups is 1. The summed E-state index contributed by atoms with van der Waals surface area (Å²) in [6, 6.07) is 13.1. The molecule has 0 spiro atoms. The van der Waals surface area contributed by atoms with Crippen LogP contribution < -0.4 is 5.32 Å². The predicted molar refractivity (Wildman–Crippen MR) is 134 cm³/mol. The van der Waals surface area contributed by atoms with Gasteiger partial charge in [-0.1, -0.05) is 54.2 Å². The summed E-state index contributed by atoms with van der Waals surface area (Å²) in [5.41, 5.74) is 0.956. The Balaban J connectivity index is 1.65. The molecular formula is C26H30F2N4OS. The Kier molecular flexibility index (Phi) is 7.68. The molecule has 0 aromatic heterocycles. The lowest BCUT2D eigenvalue weighted by molar-refractivity contribution is 0.137. The molecule has 2 aromatic rings. The number of hydrogen-bond acceptors (Lipinski definition) is 4. The van der Waals surface area contributed by atoms with E-state index in [1.807, 2.05) is 30.3 Å². The topological polar surface area (TPSA) is 47.9 Å². The van der Waals surface area contributed by atoms with Gasteiger partial charge in [0.2, 0.25) is 0 Å². The summed E-state index contributed by atoms with van der Waals surface area (Å²) in [7, 11) is 3.33. The number of thioether (sulfide) groups is 1. The number of urea groups is 1. The van der Waals surface area contributed by atoms with Crippen LogP contribution in [-0.2, 0) is 4.87 Å². The van der Waals surface area contributed by atoms with Crippen molar-refractivity contribution in [2.75, 3.05) is 20.6 Å². The smallest absolute Gasteiger partial charge is 0.329 e. The fraction of sp³-hybridized carbons (Fsp3) is 0.385. The van der Waals surface area contributed by atoms with Crippen LogP contribution in [0.3, 0.4) is 0 Å². The summed E-state index contributed by atoms with van der Waals surface area (Å²) in [5, 5.41) is 9.92. The standard InChI is InChI=1S/C26H30F2N4OS/c1-31(2)25(33)32-26(19-10-5-3-6-11-19,16-9-17-29-21-12-7-4-8-13-21)34-24(30-32)22-18-20(27)14-15-23(22)28/h3-7,10-11,14-15,18,21,29H,8-9,12-13,16-17H2,1-2H3. The van der Waals surface area contributed by atoms with E-state index >= 15 is 0 Å². The Labute approximate surface area is 203 Å². The maximum atomic E-state index is 14.7. The van der Waals surface area contributed by atoms with Crippen molar-refractivity contribution in [3.63, 3.8) is 0 Å². The minimum Gasteiger partial charge on any atom is -0.329 e. The molecule has 0 radical (unpaired) electrons. The van der Waals surface area contributed by atoms with Crippen LogP contribution in [-0.4, -0.2) is 47.7 Å². The number of nitrogens with zero attached hydrogens (tertiary/aromatic N) is 3. The summed E-state index contributed by atoms with van der Waals surface area (Å²) in [6.45, 7) is 0.793. The van der Waals surface area contributed by atoms with Crippen LogP contribution in [0.15, 0.2) is 65.8 Å². The van der Waals surface area contributed by atoms with Crippen molar-refractivity contribution in [1.29, 1.82) is 0 Å². The Hall–Kier alpha value is -2.71. The van der Waals surface area contributed by atoms with Crippen molar-refractivity contribution in [3.05, 3.63) is 83.4 Å². The Morgan fingerprint density at radius 3 is 2.71 bits per heavy atom. The lowest BCUT2D eigenvalue weighted by Crippen LogP contribution is -2.46. The Morgan fingerprint density at radius 2 is 2.00 bits per heavy atom. The van der Waals surface area contributed by atoms with Gasteiger partial charge in [-0.15, -0.1) is 0 Å². The van der Waals surface area contributed by atoms with Crippen molar-refractivity contribution in [3.8, 4) is 0 Å². The SMILES string of the molecule is CN(C)C(=O)N1N=C(c2cc(F)ccc2F)SC1(CCCNC1CC=CCC1)c1ccccc1. The maximum Gasteiger partial charge on any atom is 0.341 e. The Morgan fingerprint density at radius 1 is 1.21 bits per heavy atom. The van der Waals surface area contributed by atoms with E-state index in [2.05, 4.69) is 22.6 Å². The number of carbonyl (C=O) groups is 1. The van der Waals surface area contributed by atoms with Gasteiger partial charge >= 0.3 is 6.03 Å². The second kappa shape index (κ2) is 10.7. The van der Waals surface area contributed by atoms with Gasteiger partial charge in [-0.3, -0.25) is 0 Å². The van der Waals surface area contributed by atoms with Crippen molar-refractivity contribution in [1.82, 2.24) is 15.2 Å². The molecule has 0 saturated carbocycles. The second-order valence-electron chi connectivity index (χ2n) is 8.81. The third kappa shape index (κ3) is 5.18. The van der Waals surface area contributed by atoms with Gasteiger partial charge < -0.3 is 10.2 Å². The van der Waals surface area contributed by atoms with Gasteiger partial charge in [0.05, 0.1) is 0 Å².